The van der Waals surface area contributed by atoms with Gasteiger partial charge in [-0.15, -0.1) is 13.2 Å². The van der Waals surface area contributed by atoms with Gasteiger partial charge in [0, 0.05) is 32.2 Å². The SMILES string of the molecule is C=CCN(CC=C)C(C)CCN1CCOCC1. The Morgan fingerprint density at radius 3 is 2.35 bits per heavy atom. The first-order chi connectivity index (χ1) is 8.27. The van der Waals surface area contributed by atoms with Crippen molar-refractivity contribution in [2.24, 2.45) is 0 Å². The van der Waals surface area contributed by atoms with Gasteiger partial charge in [0.15, 0.2) is 0 Å². The highest BCUT2D eigenvalue weighted by atomic mass is 16.5. The Bertz CT molecular complexity index is 214. The molecule has 3 nitrogen and oxygen atoms in total. The number of morpholine rings is 1. The molecule has 1 aliphatic rings. The van der Waals surface area contributed by atoms with Gasteiger partial charge in [0.2, 0.25) is 0 Å². The Morgan fingerprint density at radius 1 is 1.24 bits per heavy atom. The first-order valence-corrected chi connectivity index (χ1v) is 6.54. The summed E-state index contributed by atoms with van der Waals surface area (Å²) in [6.07, 6.45) is 5.13. The summed E-state index contributed by atoms with van der Waals surface area (Å²) in [5, 5.41) is 0. The summed E-state index contributed by atoms with van der Waals surface area (Å²) >= 11 is 0. The van der Waals surface area contributed by atoms with E-state index in [1.807, 2.05) is 12.2 Å². The molecule has 0 aromatic carbocycles. The van der Waals surface area contributed by atoms with Gasteiger partial charge in [-0.3, -0.25) is 9.80 Å². The molecule has 1 aliphatic heterocycles. The summed E-state index contributed by atoms with van der Waals surface area (Å²) < 4.78 is 5.35. The quantitative estimate of drug-likeness (QED) is 0.599. The van der Waals surface area contributed by atoms with Gasteiger partial charge in [0.05, 0.1) is 13.2 Å². The fourth-order valence-corrected chi connectivity index (χ4v) is 2.14. The van der Waals surface area contributed by atoms with Crippen LogP contribution in [0, 0.1) is 0 Å². The maximum atomic E-state index is 5.35. The van der Waals surface area contributed by atoms with E-state index in [2.05, 4.69) is 29.9 Å². The lowest BCUT2D eigenvalue weighted by molar-refractivity contribution is 0.0341. The molecular formula is C14H26N2O. The predicted octanol–water partition coefficient (Wildman–Crippen LogP) is 1.77. The zero-order chi connectivity index (χ0) is 12.5. The van der Waals surface area contributed by atoms with Crippen LogP contribution in [0.4, 0.5) is 0 Å². The van der Waals surface area contributed by atoms with E-state index in [9.17, 15) is 0 Å². The molecule has 1 fully saturated rings. The minimum absolute atomic E-state index is 0.578. The third kappa shape index (κ3) is 5.48. The molecule has 1 rings (SSSR count). The number of hydrogen-bond acceptors (Lipinski definition) is 3. The minimum atomic E-state index is 0.578. The summed E-state index contributed by atoms with van der Waals surface area (Å²) in [5.41, 5.74) is 0. The van der Waals surface area contributed by atoms with Crippen molar-refractivity contribution in [3.05, 3.63) is 25.3 Å². The summed E-state index contributed by atoms with van der Waals surface area (Å²) in [6, 6.07) is 0.578. The van der Waals surface area contributed by atoms with Crippen molar-refractivity contribution in [2.45, 2.75) is 19.4 Å². The standard InChI is InChI=1S/C14H26N2O/c1-4-7-16(8-5-2)14(3)6-9-15-10-12-17-13-11-15/h4-5,14H,1-2,6-13H2,3H3. The van der Waals surface area contributed by atoms with Gasteiger partial charge in [0.25, 0.3) is 0 Å². The van der Waals surface area contributed by atoms with Crippen LogP contribution in [0.5, 0.6) is 0 Å². The van der Waals surface area contributed by atoms with E-state index >= 15 is 0 Å². The van der Waals surface area contributed by atoms with Crippen molar-refractivity contribution in [3.8, 4) is 0 Å². The maximum absolute atomic E-state index is 5.35. The molecule has 1 heterocycles. The number of hydrogen-bond donors (Lipinski definition) is 0. The fraction of sp³-hybridized carbons (Fsp3) is 0.714. The Kier molecular flexibility index (Phi) is 7.17. The van der Waals surface area contributed by atoms with Crippen molar-refractivity contribution in [2.75, 3.05) is 45.9 Å². The maximum Gasteiger partial charge on any atom is 0.0594 e. The average Bonchev–Trinajstić information content (AvgIpc) is 2.37. The van der Waals surface area contributed by atoms with Crippen LogP contribution in [-0.4, -0.2) is 61.8 Å². The number of rotatable bonds is 8. The fourth-order valence-electron chi connectivity index (χ4n) is 2.14. The minimum Gasteiger partial charge on any atom is -0.379 e. The van der Waals surface area contributed by atoms with E-state index in [1.54, 1.807) is 0 Å². The van der Waals surface area contributed by atoms with Gasteiger partial charge in [-0.2, -0.15) is 0 Å². The van der Waals surface area contributed by atoms with Gasteiger partial charge in [-0.05, 0) is 19.9 Å². The van der Waals surface area contributed by atoms with Crippen molar-refractivity contribution >= 4 is 0 Å². The molecule has 3 heteroatoms. The molecule has 1 unspecified atom stereocenters. The molecule has 0 aromatic heterocycles. The summed E-state index contributed by atoms with van der Waals surface area (Å²) in [6.45, 7) is 16.9. The van der Waals surface area contributed by atoms with E-state index < -0.39 is 0 Å². The van der Waals surface area contributed by atoms with Crippen molar-refractivity contribution in [1.82, 2.24) is 9.80 Å². The predicted molar refractivity (Wildman–Crippen MR) is 73.3 cm³/mol. The molecule has 98 valence electrons. The lowest BCUT2D eigenvalue weighted by Gasteiger charge is -2.31. The lowest BCUT2D eigenvalue weighted by Crippen LogP contribution is -2.40. The molecule has 0 amide bonds. The Morgan fingerprint density at radius 2 is 1.82 bits per heavy atom. The zero-order valence-electron chi connectivity index (χ0n) is 11.1. The highest BCUT2D eigenvalue weighted by molar-refractivity contribution is 4.83. The molecule has 0 spiro atoms. The van der Waals surface area contributed by atoms with Crippen LogP contribution in [-0.2, 0) is 4.74 Å². The van der Waals surface area contributed by atoms with E-state index in [0.717, 1.165) is 45.9 Å². The second kappa shape index (κ2) is 8.45. The largest absolute Gasteiger partial charge is 0.379 e. The second-order valence-corrected chi connectivity index (χ2v) is 4.62. The van der Waals surface area contributed by atoms with Gasteiger partial charge in [-0.1, -0.05) is 12.2 Å². The second-order valence-electron chi connectivity index (χ2n) is 4.62. The van der Waals surface area contributed by atoms with Crippen LogP contribution >= 0.6 is 0 Å². The van der Waals surface area contributed by atoms with Crippen molar-refractivity contribution < 1.29 is 4.74 Å². The average molecular weight is 238 g/mol. The van der Waals surface area contributed by atoms with Crippen LogP contribution in [0.25, 0.3) is 0 Å². The monoisotopic (exact) mass is 238 g/mol. The summed E-state index contributed by atoms with van der Waals surface area (Å²) in [5.74, 6) is 0. The van der Waals surface area contributed by atoms with Crippen LogP contribution in [0.15, 0.2) is 25.3 Å². The highest BCUT2D eigenvalue weighted by Gasteiger charge is 2.14. The normalized spacial score (nSPS) is 19.2. The van der Waals surface area contributed by atoms with Gasteiger partial charge < -0.3 is 4.74 Å². The Hall–Kier alpha value is -0.640. The lowest BCUT2D eigenvalue weighted by atomic mass is 10.2. The van der Waals surface area contributed by atoms with Gasteiger partial charge >= 0.3 is 0 Å². The molecule has 1 saturated heterocycles. The van der Waals surface area contributed by atoms with Crippen LogP contribution in [0.3, 0.4) is 0 Å². The Labute approximate surface area is 106 Å². The first kappa shape index (κ1) is 14.4. The molecular weight excluding hydrogens is 212 g/mol. The van der Waals surface area contributed by atoms with Crippen molar-refractivity contribution in [1.29, 1.82) is 0 Å². The molecule has 0 radical (unpaired) electrons. The van der Waals surface area contributed by atoms with Crippen LogP contribution in [0.2, 0.25) is 0 Å². The van der Waals surface area contributed by atoms with Crippen LogP contribution in [0.1, 0.15) is 13.3 Å². The van der Waals surface area contributed by atoms with Crippen molar-refractivity contribution in [3.63, 3.8) is 0 Å². The van der Waals surface area contributed by atoms with Gasteiger partial charge in [-0.25, -0.2) is 0 Å². The zero-order valence-corrected chi connectivity index (χ0v) is 11.1. The number of nitrogens with zero attached hydrogens (tertiary/aromatic N) is 2. The number of ether oxygens (including phenoxy) is 1. The Balaban J connectivity index is 2.26. The summed E-state index contributed by atoms with van der Waals surface area (Å²) in [7, 11) is 0. The molecule has 0 bridgehead atoms. The molecule has 0 aliphatic carbocycles. The van der Waals surface area contributed by atoms with E-state index in [0.29, 0.717) is 6.04 Å². The molecule has 17 heavy (non-hydrogen) atoms. The smallest absolute Gasteiger partial charge is 0.0594 e. The van der Waals surface area contributed by atoms with Gasteiger partial charge in [0.1, 0.15) is 0 Å². The van der Waals surface area contributed by atoms with E-state index in [-0.39, 0.29) is 0 Å². The molecule has 1 atom stereocenters. The molecule has 0 saturated carbocycles. The molecule has 0 aromatic rings. The van der Waals surface area contributed by atoms with E-state index in [4.69, 9.17) is 4.74 Å². The summed E-state index contributed by atoms with van der Waals surface area (Å²) in [4.78, 5) is 4.89. The van der Waals surface area contributed by atoms with E-state index in [1.165, 1.54) is 6.42 Å². The topological polar surface area (TPSA) is 15.7 Å². The highest BCUT2D eigenvalue weighted by Crippen LogP contribution is 2.07. The third-order valence-corrected chi connectivity index (χ3v) is 3.32. The van der Waals surface area contributed by atoms with Crippen LogP contribution < -0.4 is 0 Å². The first-order valence-electron chi connectivity index (χ1n) is 6.54. The molecule has 0 N–H and O–H groups in total. The third-order valence-electron chi connectivity index (χ3n) is 3.32.